The molecule has 1 unspecified atom stereocenters. The van der Waals surface area contributed by atoms with Gasteiger partial charge in [-0.15, -0.1) is 0 Å². The minimum Gasteiger partial charge on any atom is -0.506 e. The van der Waals surface area contributed by atoms with E-state index < -0.39 is 12.5 Å². The molecule has 0 bridgehead atoms. The van der Waals surface area contributed by atoms with E-state index in [2.05, 4.69) is 0 Å². The van der Waals surface area contributed by atoms with Crippen molar-refractivity contribution >= 4 is 11.6 Å². The van der Waals surface area contributed by atoms with Gasteiger partial charge < -0.3 is 10.8 Å². The fraction of sp³-hybridized carbons (Fsp3) is 0.333. The van der Waals surface area contributed by atoms with Crippen LogP contribution in [0.15, 0.2) is 18.2 Å². The molecule has 5 heteroatoms. The summed E-state index contributed by atoms with van der Waals surface area (Å²) >= 11 is 5.60. The molecule has 2 nitrogen and oxygen atoms in total. The predicted molar refractivity (Wildman–Crippen MR) is 50.8 cm³/mol. The Morgan fingerprint density at radius 1 is 1.43 bits per heavy atom. The molecule has 1 rings (SSSR count). The number of halogens is 3. The molecule has 1 atom stereocenters. The topological polar surface area (TPSA) is 46.2 Å². The number of phenols is 1. The fourth-order valence-electron chi connectivity index (χ4n) is 1.04. The molecule has 0 amide bonds. The highest BCUT2D eigenvalue weighted by Gasteiger charge is 2.15. The van der Waals surface area contributed by atoms with Crippen LogP contribution in [0.5, 0.6) is 5.75 Å². The summed E-state index contributed by atoms with van der Waals surface area (Å²) in [6.45, 7) is 0. The highest BCUT2D eigenvalue weighted by molar-refractivity contribution is 6.32. The number of hydrogen-bond donors (Lipinski definition) is 2. The Labute approximate surface area is 85.3 Å². The first-order valence-electron chi connectivity index (χ1n) is 4.02. The van der Waals surface area contributed by atoms with Crippen LogP contribution in [0.2, 0.25) is 5.02 Å². The van der Waals surface area contributed by atoms with E-state index in [1.807, 2.05) is 0 Å². The average molecular weight is 222 g/mol. The van der Waals surface area contributed by atoms with Crippen molar-refractivity contribution in [3.05, 3.63) is 28.8 Å². The van der Waals surface area contributed by atoms with Gasteiger partial charge in [-0.05, 0) is 24.1 Å². The number of aromatic hydroxyl groups is 1. The molecule has 0 fully saturated rings. The van der Waals surface area contributed by atoms with Gasteiger partial charge in [0.15, 0.2) is 0 Å². The largest absolute Gasteiger partial charge is 0.506 e. The van der Waals surface area contributed by atoms with E-state index in [9.17, 15) is 8.78 Å². The normalized spacial score (nSPS) is 13.2. The van der Waals surface area contributed by atoms with Crippen molar-refractivity contribution in [2.24, 2.45) is 5.73 Å². The summed E-state index contributed by atoms with van der Waals surface area (Å²) in [6, 6.07) is 3.11. The zero-order valence-corrected chi connectivity index (χ0v) is 8.01. The van der Waals surface area contributed by atoms with Gasteiger partial charge in [0.25, 0.3) is 6.43 Å². The van der Waals surface area contributed by atoms with Crippen LogP contribution in [0.25, 0.3) is 0 Å². The molecule has 0 aliphatic rings. The molecular formula is C9H10ClF2NO. The van der Waals surface area contributed by atoms with E-state index in [4.69, 9.17) is 22.4 Å². The third-order valence-corrected chi connectivity index (χ3v) is 2.11. The summed E-state index contributed by atoms with van der Waals surface area (Å²) in [5.41, 5.74) is 5.76. The Morgan fingerprint density at radius 3 is 2.57 bits per heavy atom. The van der Waals surface area contributed by atoms with Gasteiger partial charge in [0.2, 0.25) is 0 Å². The molecule has 0 spiro atoms. The van der Waals surface area contributed by atoms with Crippen LogP contribution in [-0.2, 0) is 6.42 Å². The van der Waals surface area contributed by atoms with Crippen LogP contribution in [0.4, 0.5) is 8.78 Å². The van der Waals surface area contributed by atoms with Gasteiger partial charge in [-0.25, -0.2) is 8.78 Å². The molecule has 1 aromatic carbocycles. The first-order valence-corrected chi connectivity index (χ1v) is 4.39. The summed E-state index contributed by atoms with van der Waals surface area (Å²) in [4.78, 5) is 0. The van der Waals surface area contributed by atoms with Gasteiger partial charge in [-0.2, -0.15) is 0 Å². The van der Waals surface area contributed by atoms with Crippen molar-refractivity contribution in [2.75, 3.05) is 0 Å². The van der Waals surface area contributed by atoms with Crippen molar-refractivity contribution in [3.63, 3.8) is 0 Å². The molecule has 0 aromatic heterocycles. The number of phenolic OH excluding ortho intramolecular Hbond substituents is 1. The van der Waals surface area contributed by atoms with Gasteiger partial charge in [0.1, 0.15) is 5.75 Å². The molecule has 0 saturated carbocycles. The molecule has 0 aliphatic carbocycles. The van der Waals surface area contributed by atoms with Crippen LogP contribution < -0.4 is 5.73 Å². The lowest BCUT2D eigenvalue weighted by molar-refractivity contribution is 0.116. The number of benzene rings is 1. The molecule has 0 radical (unpaired) electrons. The predicted octanol–water partition coefficient (Wildman–Crippen LogP) is 2.18. The molecule has 78 valence electrons. The average Bonchev–Trinajstić information content (AvgIpc) is 2.11. The Kier molecular flexibility index (Phi) is 3.66. The van der Waals surface area contributed by atoms with Crippen LogP contribution >= 0.6 is 11.6 Å². The van der Waals surface area contributed by atoms with E-state index >= 15 is 0 Å². The first-order chi connectivity index (χ1) is 6.50. The summed E-state index contributed by atoms with van der Waals surface area (Å²) in [5, 5.41) is 9.22. The maximum atomic E-state index is 12.1. The molecular weight excluding hydrogens is 212 g/mol. The molecule has 0 heterocycles. The van der Waals surface area contributed by atoms with Gasteiger partial charge >= 0.3 is 0 Å². The molecule has 1 aromatic rings. The molecule has 14 heavy (non-hydrogen) atoms. The zero-order chi connectivity index (χ0) is 10.7. The van der Waals surface area contributed by atoms with Gasteiger partial charge in [-0.1, -0.05) is 17.7 Å². The van der Waals surface area contributed by atoms with Crippen molar-refractivity contribution < 1.29 is 13.9 Å². The van der Waals surface area contributed by atoms with E-state index in [0.717, 1.165) is 0 Å². The van der Waals surface area contributed by atoms with Gasteiger partial charge in [-0.3, -0.25) is 0 Å². The van der Waals surface area contributed by atoms with E-state index in [1.54, 1.807) is 0 Å². The Hall–Kier alpha value is -0.870. The number of rotatable bonds is 3. The van der Waals surface area contributed by atoms with Gasteiger partial charge in [0.05, 0.1) is 11.1 Å². The molecule has 0 saturated heterocycles. The zero-order valence-electron chi connectivity index (χ0n) is 7.25. The maximum absolute atomic E-state index is 12.1. The second-order valence-corrected chi connectivity index (χ2v) is 3.40. The van der Waals surface area contributed by atoms with Crippen molar-refractivity contribution in [1.29, 1.82) is 0 Å². The fourth-order valence-corrected chi connectivity index (χ4v) is 1.24. The third-order valence-electron chi connectivity index (χ3n) is 1.81. The van der Waals surface area contributed by atoms with Crippen molar-refractivity contribution in [3.8, 4) is 5.75 Å². The van der Waals surface area contributed by atoms with E-state index in [0.29, 0.717) is 5.56 Å². The Morgan fingerprint density at radius 2 is 2.07 bits per heavy atom. The van der Waals surface area contributed by atoms with E-state index in [-0.39, 0.29) is 17.2 Å². The highest BCUT2D eigenvalue weighted by Crippen LogP contribution is 2.24. The SMILES string of the molecule is NC(Cc1ccc(O)c(Cl)c1)C(F)F. The lowest BCUT2D eigenvalue weighted by Gasteiger charge is -2.10. The summed E-state index contributed by atoms with van der Waals surface area (Å²) in [7, 11) is 0. The second-order valence-electron chi connectivity index (χ2n) is 2.99. The monoisotopic (exact) mass is 221 g/mol. The highest BCUT2D eigenvalue weighted by atomic mass is 35.5. The van der Waals surface area contributed by atoms with Crippen LogP contribution in [0.3, 0.4) is 0 Å². The maximum Gasteiger partial charge on any atom is 0.253 e. The van der Waals surface area contributed by atoms with Crippen molar-refractivity contribution in [1.82, 2.24) is 0 Å². The number of hydrogen-bond acceptors (Lipinski definition) is 2. The third kappa shape index (κ3) is 2.82. The second kappa shape index (κ2) is 4.57. The van der Waals surface area contributed by atoms with Crippen LogP contribution in [-0.4, -0.2) is 17.6 Å². The minimum atomic E-state index is -2.55. The summed E-state index contributed by atoms with van der Waals surface area (Å²) in [5.74, 6) is -0.0685. The lowest BCUT2D eigenvalue weighted by Crippen LogP contribution is -2.30. The molecule has 3 N–H and O–H groups in total. The van der Waals surface area contributed by atoms with Crippen molar-refractivity contribution in [2.45, 2.75) is 18.9 Å². The summed E-state index contributed by atoms with van der Waals surface area (Å²) < 4.78 is 24.2. The lowest BCUT2D eigenvalue weighted by atomic mass is 10.1. The standard InChI is InChI=1S/C9H10ClF2NO/c10-6-3-5(1-2-8(6)14)4-7(13)9(11)12/h1-3,7,9,14H,4,13H2. The van der Waals surface area contributed by atoms with Crippen LogP contribution in [0.1, 0.15) is 5.56 Å². The quantitative estimate of drug-likeness (QED) is 0.822. The van der Waals surface area contributed by atoms with Gasteiger partial charge in [0, 0.05) is 0 Å². The smallest absolute Gasteiger partial charge is 0.253 e. The molecule has 0 aliphatic heterocycles. The van der Waals surface area contributed by atoms with Crippen LogP contribution in [0, 0.1) is 0 Å². The first kappa shape index (κ1) is 11.2. The van der Waals surface area contributed by atoms with E-state index in [1.165, 1.54) is 18.2 Å². The Balaban J connectivity index is 2.73. The Bertz CT molecular complexity index is 320. The summed E-state index contributed by atoms with van der Waals surface area (Å²) in [6.07, 6.45) is -2.51. The minimum absolute atomic E-state index is 0.0394. The number of alkyl halides is 2. The number of nitrogens with two attached hydrogens (primary N) is 1.